The summed E-state index contributed by atoms with van der Waals surface area (Å²) in [4.78, 5) is 27.6. The largest absolute Gasteiger partial charge is 0.462 e. The molecule has 33 heavy (non-hydrogen) atoms. The number of H-pyrrole nitrogens is 1. The van der Waals surface area contributed by atoms with Gasteiger partial charge in [0, 0.05) is 36.2 Å². The third-order valence-electron chi connectivity index (χ3n) is 5.28. The third-order valence-corrected chi connectivity index (χ3v) is 7.13. The van der Waals surface area contributed by atoms with Crippen molar-refractivity contribution >= 4 is 26.9 Å². The number of carbonyl (C=O) groups is 1. The lowest BCUT2D eigenvalue weighted by atomic mass is 10.0. The van der Waals surface area contributed by atoms with E-state index in [2.05, 4.69) is 4.98 Å². The van der Waals surface area contributed by atoms with Crippen LogP contribution in [0, 0.1) is 13.8 Å². The zero-order valence-electron chi connectivity index (χ0n) is 18.9. The van der Waals surface area contributed by atoms with E-state index in [1.165, 1.54) is 24.3 Å². The van der Waals surface area contributed by atoms with Crippen LogP contribution in [0.15, 0.2) is 52.2 Å². The molecule has 0 radical (unpaired) electrons. The Kier molecular flexibility index (Phi) is 7.68. The Balaban J connectivity index is 2.02. The van der Waals surface area contributed by atoms with Gasteiger partial charge >= 0.3 is 5.97 Å². The Morgan fingerprint density at radius 1 is 1.15 bits per heavy atom. The summed E-state index contributed by atoms with van der Waals surface area (Å²) in [6.07, 6.45) is 0.195. The van der Waals surface area contributed by atoms with Gasteiger partial charge in [0.05, 0.1) is 17.1 Å². The second-order valence-electron chi connectivity index (χ2n) is 7.83. The number of aromatic amines is 1. The van der Waals surface area contributed by atoms with Gasteiger partial charge in [-0.3, -0.25) is 4.79 Å². The first-order valence-electron chi connectivity index (χ1n) is 10.7. The van der Waals surface area contributed by atoms with Gasteiger partial charge in [0.25, 0.3) is 5.56 Å². The number of ether oxygens (including phenoxy) is 1. The average Bonchev–Trinajstić information content (AvgIpc) is 2.77. The summed E-state index contributed by atoms with van der Waals surface area (Å²) < 4.78 is 33.0. The molecule has 0 spiro atoms. The van der Waals surface area contributed by atoms with E-state index in [1.54, 1.807) is 13.0 Å². The fraction of sp³-hybridized carbons (Fsp3) is 0.333. The summed E-state index contributed by atoms with van der Waals surface area (Å²) in [5, 5.41) is 10.1. The molecular formula is C24H28N2O6S. The van der Waals surface area contributed by atoms with Crippen molar-refractivity contribution in [3.05, 3.63) is 75.1 Å². The first-order chi connectivity index (χ1) is 15.7. The van der Waals surface area contributed by atoms with E-state index >= 15 is 0 Å². The standard InChI is InChI=1S/C24H28N2O6S/c1-4-32-24(29)18-7-5-8-20(13-18)33(30,31)26(9-6-10-27)15-19-14-21-17(3)11-16(2)12-22(21)25-23(19)28/h5,7-8,11-14,27H,4,6,9-10,15H2,1-3H3,(H,25,28). The number of carbonyl (C=O) groups excluding carboxylic acids is 1. The number of aromatic nitrogens is 1. The van der Waals surface area contributed by atoms with Gasteiger partial charge in [-0.05, 0) is 68.7 Å². The first kappa shape index (κ1) is 24.6. The monoisotopic (exact) mass is 472 g/mol. The van der Waals surface area contributed by atoms with E-state index in [0.717, 1.165) is 20.8 Å². The molecule has 176 valence electrons. The van der Waals surface area contributed by atoms with E-state index < -0.39 is 16.0 Å². The minimum atomic E-state index is -4.07. The predicted molar refractivity (Wildman–Crippen MR) is 126 cm³/mol. The molecule has 0 aliphatic rings. The molecule has 8 nitrogen and oxygen atoms in total. The molecule has 2 N–H and O–H groups in total. The molecule has 1 aromatic heterocycles. The number of hydrogen-bond donors (Lipinski definition) is 2. The minimum absolute atomic E-state index is 0.00677. The minimum Gasteiger partial charge on any atom is -0.462 e. The van der Waals surface area contributed by atoms with Crippen molar-refractivity contribution in [2.75, 3.05) is 19.8 Å². The van der Waals surface area contributed by atoms with Gasteiger partial charge in [0.1, 0.15) is 0 Å². The van der Waals surface area contributed by atoms with Gasteiger partial charge in [-0.2, -0.15) is 4.31 Å². The second kappa shape index (κ2) is 10.3. The summed E-state index contributed by atoms with van der Waals surface area (Å²) in [6.45, 7) is 5.32. The summed E-state index contributed by atoms with van der Waals surface area (Å²) in [7, 11) is -4.07. The van der Waals surface area contributed by atoms with E-state index in [0.29, 0.717) is 5.52 Å². The van der Waals surface area contributed by atoms with E-state index in [4.69, 9.17) is 4.74 Å². The SMILES string of the molecule is CCOC(=O)c1cccc(S(=O)(=O)N(CCCO)Cc2cc3c(C)cc(C)cc3[nH]c2=O)c1. The molecule has 0 bridgehead atoms. The summed E-state index contributed by atoms with van der Waals surface area (Å²) in [5.74, 6) is -0.617. The van der Waals surface area contributed by atoms with Crippen molar-refractivity contribution in [3.8, 4) is 0 Å². The summed E-state index contributed by atoms with van der Waals surface area (Å²) in [5.41, 5.74) is 2.70. The lowest BCUT2D eigenvalue weighted by molar-refractivity contribution is 0.0526. The van der Waals surface area contributed by atoms with Gasteiger partial charge in [-0.1, -0.05) is 12.1 Å². The number of aliphatic hydroxyl groups is 1. The number of aliphatic hydroxyl groups excluding tert-OH is 1. The van der Waals surface area contributed by atoms with Crippen molar-refractivity contribution in [2.45, 2.75) is 38.6 Å². The highest BCUT2D eigenvalue weighted by molar-refractivity contribution is 7.89. The van der Waals surface area contributed by atoms with E-state index in [9.17, 15) is 23.1 Å². The molecule has 0 aliphatic heterocycles. The van der Waals surface area contributed by atoms with Gasteiger partial charge in [0.2, 0.25) is 10.0 Å². The Morgan fingerprint density at radius 3 is 2.61 bits per heavy atom. The number of nitrogens with one attached hydrogen (secondary N) is 1. The maximum absolute atomic E-state index is 13.4. The molecule has 0 atom stereocenters. The fourth-order valence-electron chi connectivity index (χ4n) is 3.70. The van der Waals surface area contributed by atoms with Crippen LogP contribution in [0.2, 0.25) is 0 Å². The van der Waals surface area contributed by atoms with Crippen LogP contribution in [0.5, 0.6) is 0 Å². The van der Waals surface area contributed by atoms with Crippen LogP contribution in [0.3, 0.4) is 0 Å². The van der Waals surface area contributed by atoms with E-state index in [1.807, 2.05) is 26.0 Å². The number of benzene rings is 2. The van der Waals surface area contributed by atoms with Crippen LogP contribution in [0.25, 0.3) is 10.9 Å². The Bertz CT molecular complexity index is 1330. The van der Waals surface area contributed by atoms with Crippen molar-refractivity contribution in [1.82, 2.24) is 9.29 Å². The molecule has 9 heteroatoms. The average molecular weight is 473 g/mol. The molecule has 1 heterocycles. The van der Waals surface area contributed by atoms with Crippen molar-refractivity contribution in [1.29, 1.82) is 0 Å². The molecule has 0 amide bonds. The van der Waals surface area contributed by atoms with Crippen molar-refractivity contribution in [2.24, 2.45) is 0 Å². The summed E-state index contributed by atoms with van der Waals surface area (Å²) >= 11 is 0. The number of aryl methyl sites for hydroxylation is 2. The van der Waals surface area contributed by atoms with E-state index in [-0.39, 0.29) is 54.3 Å². The molecule has 0 saturated heterocycles. The molecule has 0 unspecified atom stereocenters. The van der Waals surface area contributed by atoms with Crippen LogP contribution in [-0.2, 0) is 21.3 Å². The lowest BCUT2D eigenvalue weighted by Gasteiger charge is -2.22. The van der Waals surface area contributed by atoms with Crippen LogP contribution in [0.4, 0.5) is 0 Å². The number of pyridine rings is 1. The topological polar surface area (TPSA) is 117 Å². The quantitative estimate of drug-likeness (QED) is 0.463. The van der Waals surface area contributed by atoms with Crippen molar-refractivity contribution < 1.29 is 23.1 Å². The third kappa shape index (κ3) is 5.50. The summed E-state index contributed by atoms with van der Waals surface area (Å²) in [6, 6.07) is 11.2. The van der Waals surface area contributed by atoms with Crippen LogP contribution < -0.4 is 5.56 Å². The molecule has 0 aliphatic carbocycles. The molecule has 0 saturated carbocycles. The van der Waals surface area contributed by atoms with Gasteiger partial charge in [0.15, 0.2) is 0 Å². The second-order valence-corrected chi connectivity index (χ2v) is 9.77. The van der Waals surface area contributed by atoms with Crippen LogP contribution in [-0.4, -0.2) is 48.5 Å². The van der Waals surface area contributed by atoms with Gasteiger partial charge in [-0.25, -0.2) is 13.2 Å². The number of nitrogens with zero attached hydrogens (tertiary/aromatic N) is 1. The first-order valence-corrected chi connectivity index (χ1v) is 12.1. The number of esters is 1. The number of hydrogen-bond acceptors (Lipinski definition) is 6. The zero-order chi connectivity index (χ0) is 24.2. The molecule has 2 aromatic carbocycles. The number of sulfonamides is 1. The van der Waals surface area contributed by atoms with Gasteiger partial charge in [-0.15, -0.1) is 0 Å². The maximum Gasteiger partial charge on any atom is 0.338 e. The smallest absolute Gasteiger partial charge is 0.338 e. The highest BCUT2D eigenvalue weighted by atomic mass is 32.2. The lowest BCUT2D eigenvalue weighted by Crippen LogP contribution is -2.34. The van der Waals surface area contributed by atoms with Crippen LogP contribution >= 0.6 is 0 Å². The van der Waals surface area contributed by atoms with Gasteiger partial charge < -0.3 is 14.8 Å². The number of fused-ring (bicyclic) bond motifs is 1. The molecule has 0 fully saturated rings. The Hall–Kier alpha value is -3.01. The Labute approximate surface area is 192 Å². The number of rotatable bonds is 9. The van der Waals surface area contributed by atoms with Crippen molar-refractivity contribution in [3.63, 3.8) is 0 Å². The fourth-order valence-corrected chi connectivity index (χ4v) is 5.20. The Morgan fingerprint density at radius 2 is 1.91 bits per heavy atom. The molecule has 3 rings (SSSR count). The zero-order valence-corrected chi connectivity index (χ0v) is 19.7. The normalized spacial score (nSPS) is 11.8. The predicted octanol–water partition coefficient (Wildman–Crippen LogP) is 2.89. The molecular weight excluding hydrogens is 444 g/mol. The van der Waals surface area contributed by atoms with Crippen LogP contribution in [0.1, 0.15) is 40.4 Å². The highest BCUT2D eigenvalue weighted by Crippen LogP contribution is 2.22. The molecule has 3 aromatic rings. The highest BCUT2D eigenvalue weighted by Gasteiger charge is 2.26. The maximum atomic E-state index is 13.4.